The molecule has 3 N–H and O–H groups in total. The van der Waals surface area contributed by atoms with Gasteiger partial charge < -0.3 is 20.6 Å². The van der Waals surface area contributed by atoms with E-state index in [0.717, 1.165) is 50.8 Å². The van der Waals surface area contributed by atoms with Gasteiger partial charge in [0.15, 0.2) is 0 Å². The second kappa shape index (κ2) is 14.3. The molecule has 2 heterocycles. The average Bonchev–Trinajstić information content (AvgIpc) is 3.46. The fraction of sp³-hybridized carbons (Fsp3) is 0.710. The molecule has 1 spiro atoms. The van der Waals surface area contributed by atoms with Crippen molar-refractivity contribution in [2.45, 2.75) is 103 Å². The molecular formula is C31H50N4O4. The standard InChI is InChI=1S/C31H50N4O4/c1-6-7-16-32-28(37)23(4)19-27(36)26(20-25-12-9-8-10-13-25)33-29(38)24(5)35-18-15-31(30(35)39)14-11-17-34(31)21-22(2)3/h8-10,12-13,22-24,26-27,36H,6-7,11,14-21H2,1-5H3,(H,32,37)(H,33,38)/t23-,24+,26+,27+,31+/m1/s1. The van der Waals surface area contributed by atoms with Crippen LogP contribution in [0.4, 0.5) is 0 Å². The SMILES string of the molecule is CCCCNC(=O)[C@H](C)C[C@H](O)[C@H](Cc1ccccc1)NC(=O)[C@H](C)N1CC[C@@]2(CCCN2CC(C)C)C1=O. The van der Waals surface area contributed by atoms with Gasteiger partial charge in [0.1, 0.15) is 11.6 Å². The van der Waals surface area contributed by atoms with E-state index < -0.39 is 29.6 Å². The highest BCUT2D eigenvalue weighted by Crippen LogP contribution is 2.39. The average molecular weight is 543 g/mol. The van der Waals surface area contributed by atoms with Crippen LogP contribution in [0.1, 0.15) is 78.7 Å². The van der Waals surface area contributed by atoms with Crippen molar-refractivity contribution in [3.8, 4) is 0 Å². The van der Waals surface area contributed by atoms with Gasteiger partial charge >= 0.3 is 0 Å². The Kier molecular flexibility index (Phi) is 11.4. The molecule has 39 heavy (non-hydrogen) atoms. The molecule has 1 aromatic carbocycles. The van der Waals surface area contributed by atoms with Crippen molar-refractivity contribution < 1.29 is 19.5 Å². The zero-order chi connectivity index (χ0) is 28.6. The molecule has 0 unspecified atom stereocenters. The summed E-state index contributed by atoms with van der Waals surface area (Å²) >= 11 is 0. The molecule has 0 aliphatic carbocycles. The minimum atomic E-state index is -0.912. The number of unbranched alkanes of at least 4 members (excludes halogenated alkanes) is 1. The first kappa shape index (κ1) is 31.1. The highest BCUT2D eigenvalue weighted by Gasteiger charge is 2.54. The summed E-state index contributed by atoms with van der Waals surface area (Å²) in [7, 11) is 0. The lowest BCUT2D eigenvalue weighted by atomic mass is 9.93. The maximum Gasteiger partial charge on any atom is 0.243 e. The molecule has 2 aliphatic rings. The fourth-order valence-electron chi connectivity index (χ4n) is 6.11. The number of nitrogens with one attached hydrogen (secondary N) is 2. The molecule has 0 aromatic heterocycles. The number of likely N-dealkylation sites (tertiary alicyclic amines) is 2. The van der Waals surface area contributed by atoms with Crippen molar-refractivity contribution in [2.24, 2.45) is 11.8 Å². The number of benzene rings is 1. The number of hydrogen-bond donors (Lipinski definition) is 3. The number of aliphatic hydroxyl groups excluding tert-OH is 1. The second-order valence-electron chi connectivity index (χ2n) is 12.1. The Morgan fingerprint density at radius 1 is 1.05 bits per heavy atom. The molecular weight excluding hydrogens is 492 g/mol. The van der Waals surface area contributed by atoms with E-state index in [0.29, 0.717) is 25.4 Å². The van der Waals surface area contributed by atoms with Gasteiger partial charge in [0.25, 0.3) is 0 Å². The Bertz CT molecular complexity index is 955. The van der Waals surface area contributed by atoms with Gasteiger partial charge in [0, 0.05) is 25.6 Å². The Balaban J connectivity index is 1.68. The first-order valence-corrected chi connectivity index (χ1v) is 14.9. The third kappa shape index (κ3) is 7.82. The lowest BCUT2D eigenvalue weighted by Crippen LogP contribution is -2.56. The predicted octanol–water partition coefficient (Wildman–Crippen LogP) is 3.13. The number of nitrogens with zero attached hydrogens (tertiary/aromatic N) is 2. The first-order chi connectivity index (χ1) is 18.6. The van der Waals surface area contributed by atoms with Crippen LogP contribution in [0.15, 0.2) is 30.3 Å². The molecule has 8 heteroatoms. The summed E-state index contributed by atoms with van der Waals surface area (Å²) in [5, 5.41) is 17.2. The van der Waals surface area contributed by atoms with Crippen molar-refractivity contribution in [1.29, 1.82) is 0 Å². The molecule has 5 atom stereocenters. The molecule has 2 saturated heterocycles. The first-order valence-electron chi connectivity index (χ1n) is 14.9. The van der Waals surface area contributed by atoms with E-state index in [1.54, 1.807) is 18.7 Å². The minimum absolute atomic E-state index is 0.0563. The molecule has 0 saturated carbocycles. The summed E-state index contributed by atoms with van der Waals surface area (Å²) in [5.74, 6) is -0.219. The van der Waals surface area contributed by atoms with Gasteiger partial charge in [-0.1, -0.05) is 64.4 Å². The van der Waals surface area contributed by atoms with Crippen molar-refractivity contribution >= 4 is 17.7 Å². The number of hydrogen-bond acceptors (Lipinski definition) is 5. The molecule has 1 aromatic rings. The molecule has 8 nitrogen and oxygen atoms in total. The van der Waals surface area contributed by atoms with Gasteiger partial charge in [-0.05, 0) is 63.5 Å². The zero-order valence-electron chi connectivity index (χ0n) is 24.6. The topological polar surface area (TPSA) is 102 Å². The normalized spacial score (nSPS) is 22.7. The number of rotatable bonds is 14. The fourth-order valence-corrected chi connectivity index (χ4v) is 6.11. The maximum atomic E-state index is 13.7. The Labute approximate surface area is 234 Å². The van der Waals surface area contributed by atoms with Gasteiger partial charge in [-0.15, -0.1) is 0 Å². The van der Waals surface area contributed by atoms with Crippen molar-refractivity contribution in [3.05, 3.63) is 35.9 Å². The van der Waals surface area contributed by atoms with Crippen LogP contribution < -0.4 is 10.6 Å². The second-order valence-corrected chi connectivity index (χ2v) is 12.1. The van der Waals surface area contributed by atoms with Crippen LogP contribution in [-0.4, -0.2) is 82.5 Å². The van der Waals surface area contributed by atoms with E-state index in [-0.39, 0.29) is 24.1 Å². The van der Waals surface area contributed by atoms with Gasteiger partial charge in [-0.25, -0.2) is 0 Å². The summed E-state index contributed by atoms with van der Waals surface area (Å²) in [4.78, 5) is 43.8. The van der Waals surface area contributed by atoms with Gasteiger partial charge in [-0.2, -0.15) is 0 Å². The molecule has 3 amide bonds. The number of amides is 3. The van der Waals surface area contributed by atoms with Crippen LogP contribution in [-0.2, 0) is 20.8 Å². The quantitative estimate of drug-likeness (QED) is 0.314. The zero-order valence-corrected chi connectivity index (χ0v) is 24.6. The number of aliphatic hydroxyl groups is 1. The molecule has 0 bridgehead atoms. The Hall–Kier alpha value is -2.45. The summed E-state index contributed by atoms with van der Waals surface area (Å²) in [6.07, 6.45) is 4.26. The van der Waals surface area contributed by atoms with Crippen LogP contribution in [0.2, 0.25) is 0 Å². The molecule has 2 aliphatic heterocycles. The van der Waals surface area contributed by atoms with Crippen molar-refractivity contribution in [3.63, 3.8) is 0 Å². The van der Waals surface area contributed by atoms with Crippen LogP contribution in [0.3, 0.4) is 0 Å². The summed E-state index contributed by atoms with van der Waals surface area (Å²) in [5.41, 5.74) is 0.503. The minimum Gasteiger partial charge on any atom is -0.391 e. The van der Waals surface area contributed by atoms with Gasteiger partial charge in [-0.3, -0.25) is 19.3 Å². The van der Waals surface area contributed by atoms with Crippen LogP contribution in [0.5, 0.6) is 0 Å². The van der Waals surface area contributed by atoms with Crippen LogP contribution >= 0.6 is 0 Å². The van der Waals surface area contributed by atoms with Crippen LogP contribution in [0, 0.1) is 11.8 Å². The van der Waals surface area contributed by atoms with E-state index in [1.807, 2.05) is 30.3 Å². The molecule has 0 radical (unpaired) electrons. The highest BCUT2D eigenvalue weighted by molar-refractivity contribution is 5.94. The van der Waals surface area contributed by atoms with Crippen molar-refractivity contribution in [2.75, 3.05) is 26.2 Å². The lowest BCUT2D eigenvalue weighted by molar-refractivity contribution is -0.143. The predicted molar refractivity (Wildman–Crippen MR) is 154 cm³/mol. The molecule has 218 valence electrons. The largest absolute Gasteiger partial charge is 0.391 e. The monoisotopic (exact) mass is 542 g/mol. The van der Waals surface area contributed by atoms with Crippen molar-refractivity contribution in [1.82, 2.24) is 20.4 Å². The lowest BCUT2D eigenvalue weighted by Gasteiger charge is -2.35. The third-order valence-electron chi connectivity index (χ3n) is 8.44. The van der Waals surface area contributed by atoms with E-state index in [4.69, 9.17) is 0 Å². The Morgan fingerprint density at radius 3 is 2.44 bits per heavy atom. The molecule has 3 rings (SSSR count). The number of carbonyl (C=O) groups excluding carboxylic acids is 3. The van der Waals surface area contributed by atoms with E-state index in [1.165, 1.54) is 0 Å². The van der Waals surface area contributed by atoms with E-state index in [2.05, 4.69) is 36.3 Å². The summed E-state index contributed by atoms with van der Waals surface area (Å²) < 4.78 is 0. The third-order valence-corrected chi connectivity index (χ3v) is 8.44. The smallest absolute Gasteiger partial charge is 0.243 e. The van der Waals surface area contributed by atoms with Gasteiger partial charge in [0.05, 0.1) is 12.1 Å². The van der Waals surface area contributed by atoms with Crippen LogP contribution in [0.25, 0.3) is 0 Å². The van der Waals surface area contributed by atoms with Gasteiger partial charge in [0.2, 0.25) is 17.7 Å². The van der Waals surface area contributed by atoms with E-state index in [9.17, 15) is 19.5 Å². The number of carbonyl (C=O) groups is 3. The highest BCUT2D eigenvalue weighted by atomic mass is 16.3. The summed E-state index contributed by atoms with van der Waals surface area (Å²) in [6.45, 7) is 13.0. The summed E-state index contributed by atoms with van der Waals surface area (Å²) in [6, 6.07) is 8.50. The maximum absolute atomic E-state index is 13.7. The molecule has 2 fully saturated rings. The van der Waals surface area contributed by atoms with E-state index >= 15 is 0 Å². The Morgan fingerprint density at radius 2 is 1.77 bits per heavy atom.